The van der Waals surface area contributed by atoms with Crippen molar-refractivity contribution in [2.24, 2.45) is 5.11 Å². The predicted octanol–water partition coefficient (Wildman–Crippen LogP) is 5.73. The van der Waals surface area contributed by atoms with Crippen molar-refractivity contribution in [3.05, 3.63) is 76.8 Å². The fourth-order valence-corrected chi connectivity index (χ4v) is 7.33. The van der Waals surface area contributed by atoms with E-state index in [1.54, 1.807) is 7.11 Å². The van der Waals surface area contributed by atoms with Crippen molar-refractivity contribution in [2.75, 3.05) is 73.0 Å². The Kier molecular flexibility index (Phi) is 24.0. The van der Waals surface area contributed by atoms with Gasteiger partial charge in [0.1, 0.15) is 12.0 Å². The second-order valence-corrected chi connectivity index (χ2v) is 13.6. The number of carbonyl (C=O) groups excluding carboxylic acids is 1. The Morgan fingerprint density at radius 1 is 0.981 bits per heavy atom. The molecule has 0 saturated carbocycles. The fraction of sp³-hybridized carbons (Fsp3) is 0.575. The molecule has 295 valence electrons. The molecule has 2 aliphatic heterocycles. The van der Waals surface area contributed by atoms with Crippen LogP contribution >= 0.6 is 0 Å². The second kappa shape index (κ2) is 26.6. The maximum Gasteiger partial charge on any atom is 0.243 e. The Morgan fingerprint density at radius 2 is 1.58 bits per heavy atom. The molecule has 1 fully saturated rings. The minimum absolute atomic E-state index is 0. The van der Waals surface area contributed by atoms with E-state index in [-0.39, 0.29) is 13.4 Å². The summed E-state index contributed by atoms with van der Waals surface area (Å²) < 4.78 is 46.6. The van der Waals surface area contributed by atoms with Crippen molar-refractivity contribution < 1.29 is 38.5 Å². The molecule has 3 heterocycles. The average molecular weight is 749 g/mol. The van der Waals surface area contributed by atoms with Crippen molar-refractivity contribution in [3.63, 3.8) is 0 Å². The number of rotatable bonds is 18. The molecular weight excluding hydrogens is 681 g/mol. The standard InChI is InChI=1S/C34H47N4O7S.3C2H6.H2/c1-26(2)23-29-25-36-38-15-9-28(24-31(29)38)34-32(41-4)7-6-8-33(34)46(5,40)37-13-10-30(11-14-37)45-22-21-44-20-19-43-18-17-42-16-12-35-27(3)39;3*1-2;/h6-9,15,24-25,30H,1,5,10-14,16-23H2,2-4H3;3*1-2H3;1H/p+1/b34-28-;;;;. The molecule has 0 bridgehead atoms. The maximum atomic E-state index is 14.5. The lowest BCUT2D eigenvalue weighted by atomic mass is 10.0. The summed E-state index contributed by atoms with van der Waals surface area (Å²) in [6.07, 6.45) is 11.8. The third-order valence-electron chi connectivity index (χ3n) is 7.70. The lowest BCUT2D eigenvalue weighted by Gasteiger charge is -2.35. The first-order chi connectivity index (χ1) is 25.2. The summed E-state index contributed by atoms with van der Waals surface area (Å²) in [5.74, 6) is 4.86. The number of carbonyl (C=O) groups is 1. The second-order valence-electron chi connectivity index (χ2n) is 11.3. The molecular formula is C40H68N4O7S+. The topological polar surface area (TPSA) is 114 Å². The fourth-order valence-electron chi connectivity index (χ4n) is 5.43. The molecule has 1 N–H and O–H groups in total. The molecule has 1 saturated heterocycles. The SMILES string of the molecule is C=C(C)CC1=CN=[n+]2cc/c(=C3\C(OC)=C[CH]C=C3S(=C)(=O)N3CCC(OCCOCCOCCOCCNC(C)=O)CC3)cc21.CC.CC.CC.[HH]. The Bertz CT molecular complexity index is 1570. The van der Waals surface area contributed by atoms with E-state index in [0.717, 1.165) is 46.9 Å². The first-order valence-corrected chi connectivity index (χ1v) is 20.4. The van der Waals surface area contributed by atoms with Gasteiger partial charge in [-0.1, -0.05) is 64.1 Å². The summed E-state index contributed by atoms with van der Waals surface area (Å²) in [6.45, 7) is 24.6. The highest BCUT2D eigenvalue weighted by Gasteiger charge is 2.32. The third-order valence-corrected chi connectivity index (χ3v) is 9.92. The number of hydrogen-bond donors (Lipinski definition) is 1. The monoisotopic (exact) mass is 748 g/mol. The third kappa shape index (κ3) is 15.1. The van der Waals surface area contributed by atoms with Crippen molar-refractivity contribution in [3.8, 4) is 0 Å². The Hall–Kier alpha value is -3.13. The molecule has 1 radical (unpaired) electrons. The van der Waals surface area contributed by atoms with Crippen LogP contribution in [0, 0.1) is 6.42 Å². The molecule has 12 heteroatoms. The van der Waals surface area contributed by atoms with Gasteiger partial charge >= 0.3 is 0 Å². The normalized spacial score (nSPS) is 17.4. The molecule has 4 rings (SSSR count). The van der Waals surface area contributed by atoms with E-state index in [9.17, 15) is 9.00 Å². The van der Waals surface area contributed by atoms with Crippen LogP contribution in [0.25, 0.3) is 11.1 Å². The summed E-state index contributed by atoms with van der Waals surface area (Å²) in [5.41, 5.74) is 3.90. The van der Waals surface area contributed by atoms with E-state index in [1.807, 2.05) is 94.2 Å². The maximum absolute atomic E-state index is 14.5. The molecule has 1 aromatic rings. The molecule has 1 amide bonds. The number of nitrogens with one attached hydrogen (secondary N) is 1. The van der Waals surface area contributed by atoms with Gasteiger partial charge in [-0.05, 0) is 42.0 Å². The zero-order valence-corrected chi connectivity index (χ0v) is 34.1. The smallest absolute Gasteiger partial charge is 0.243 e. The first kappa shape index (κ1) is 46.9. The lowest BCUT2D eigenvalue weighted by Crippen LogP contribution is -2.42. The molecule has 3 aliphatic rings. The van der Waals surface area contributed by atoms with Crippen LogP contribution in [0.3, 0.4) is 0 Å². The number of fused-ring (bicyclic) bond motifs is 1. The zero-order valence-electron chi connectivity index (χ0n) is 33.3. The van der Waals surface area contributed by atoms with Gasteiger partial charge in [0.2, 0.25) is 17.8 Å². The van der Waals surface area contributed by atoms with E-state index in [0.29, 0.717) is 76.5 Å². The van der Waals surface area contributed by atoms with Crippen LogP contribution in [-0.2, 0) is 38.2 Å². The van der Waals surface area contributed by atoms with E-state index >= 15 is 0 Å². The van der Waals surface area contributed by atoms with Crippen LogP contribution in [0.15, 0.2) is 64.6 Å². The Morgan fingerprint density at radius 3 is 2.15 bits per heavy atom. The van der Waals surface area contributed by atoms with Crippen LogP contribution in [-0.4, -0.2) is 99.4 Å². The van der Waals surface area contributed by atoms with E-state index in [2.05, 4.69) is 28.9 Å². The summed E-state index contributed by atoms with van der Waals surface area (Å²) in [4.78, 5) is 11.5. The molecule has 0 spiro atoms. The van der Waals surface area contributed by atoms with Gasteiger partial charge in [-0.15, -0.1) is 0 Å². The van der Waals surface area contributed by atoms with Gasteiger partial charge in [-0.3, -0.25) is 4.79 Å². The number of methoxy groups -OCH3 is 1. The highest BCUT2D eigenvalue weighted by molar-refractivity contribution is 8.02. The molecule has 1 aliphatic carbocycles. The predicted molar refractivity (Wildman–Crippen MR) is 215 cm³/mol. The largest absolute Gasteiger partial charge is 0.496 e. The number of piperidine rings is 1. The van der Waals surface area contributed by atoms with Crippen LogP contribution in [0.5, 0.6) is 0 Å². The molecule has 11 nitrogen and oxygen atoms in total. The Labute approximate surface area is 315 Å². The molecule has 52 heavy (non-hydrogen) atoms. The van der Waals surface area contributed by atoms with Gasteiger partial charge in [0.25, 0.3) is 0 Å². The number of aromatic nitrogens is 1. The summed E-state index contributed by atoms with van der Waals surface area (Å²) in [6, 6.07) is 4.05. The van der Waals surface area contributed by atoms with Crippen molar-refractivity contribution in [1.29, 1.82) is 0 Å². The summed E-state index contributed by atoms with van der Waals surface area (Å²) in [5, 5.41) is 8.06. The molecule has 1 aromatic heterocycles. The van der Waals surface area contributed by atoms with Crippen LogP contribution < -0.4 is 14.9 Å². The van der Waals surface area contributed by atoms with Crippen LogP contribution in [0.2, 0.25) is 0 Å². The molecule has 1 atom stereocenters. The molecule has 0 aromatic carbocycles. The van der Waals surface area contributed by atoms with Crippen molar-refractivity contribution in [2.45, 2.75) is 80.8 Å². The van der Waals surface area contributed by atoms with E-state index in [1.165, 1.54) is 6.92 Å². The highest BCUT2D eigenvalue weighted by atomic mass is 32.2. The van der Waals surface area contributed by atoms with Gasteiger partial charge < -0.3 is 29.0 Å². The number of amides is 1. The number of ether oxygens (including phenoxy) is 5. The number of hydrogen-bond acceptors (Lipinski definition) is 8. The minimum atomic E-state index is -2.82. The number of allylic oxidation sites excluding steroid dienone is 5. The van der Waals surface area contributed by atoms with Gasteiger partial charge in [0.15, 0.2) is 0 Å². The Balaban J connectivity index is 0.00000367. The summed E-state index contributed by atoms with van der Waals surface area (Å²) >= 11 is 0. The first-order valence-electron chi connectivity index (χ1n) is 18.7. The zero-order chi connectivity index (χ0) is 38.9. The quantitative estimate of drug-likeness (QED) is 0.0883. The van der Waals surface area contributed by atoms with Gasteiger partial charge in [-0.25, -0.2) is 8.51 Å². The minimum Gasteiger partial charge on any atom is -0.496 e. The van der Waals surface area contributed by atoms with Gasteiger partial charge in [0, 0.05) is 58.5 Å². The van der Waals surface area contributed by atoms with Gasteiger partial charge in [-0.2, -0.15) is 0 Å². The number of pyridine rings is 1. The number of nitrogens with zero attached hydrogens (tertiary/aromatic N) is 3. The summed E-state index contributed by atoms with van der Waals surface area (Å²) in [7, 11) is -1.19. The van der Waals surface area contributed by atoms with Crippen molar-refractivity contribution in [1.82, 2.24) is 9.62 Å². The van der Waals surface area contributed by atoms with Crippen molar-refractivity contribution >= 4 is 32.6 Å². The van der Waals surface area contributed by atoms with Crippen LogP contribution in [0.4, 0.5) is 0 Å². The van der Waals surface area contributed by atoms with Gasteiger partial charge in [0.05, 0.1) is 79.6 Å². The molecule has 1 unspecified atom stereocenters. The lowest BCUT2D eigenvalue weighted by molar-refractivity contribution is -0.542. The highest BCUT2D eigenvalue weighted by Crippen LogP contribution is 2.33. The van der Waals surface area contributed by atoms with E-state index < -0.39 is 9.71 Å². The van der Waals surface area contributed by atoms with E-state index in [4.69, 9.17) is 23.7 Å². The van der Waals surface area contributed by atoms with Crippen LogP contribution in [0.1, 0.15) is 81.8 Å². The average Bonchev–Trinajstić information content (AvgIpc) is 3.56.